The van der Waals surface area contributed by atoms with Crippen LogP contribution in [0.25, 0.3) is 10.9 Å². The minimum atomic E-state index is -1.48. The van der Waals surface area contributed by atoms with E-state index in [2.05, 4.69) is 10.3 Å². The number of halogens is 3. The molecule has 0 aliphatic rings. The predicted octanol–water partition coefficient (Wildman–Crippen LogP) is 3.89. The summed E-state index contributed by atoms with van der Waals surface area (Å²) in [6.45, 7) is 4.01. The van der Waals surface area contributed by atoms with Gasteiger partial charge in [0, 0.05) is 23.8 Å². The van der Waals surface area contributed by atoms with Crippen LogP contribution in [0, 0.1) is 23.4 Å². The molecule has 2 rings (SSSR count). The molecule has 19 heavy (non-hydrogen) atoms. The Labute approximate surface area is 109 Å². The van der Waals surface area contributed by atoms with E-state index in [1.165, 1.54) is 0 Å². The van der Waals surface area contributed by atoms with Gasteiger partial charge in [-0.05, 0) is 24.5 Å². The molecule has 5 heteroatoms. The summed E-state index contributed by atoms with van der Waals surface area (Å²) in [6.07, 6.45) is 0.642. The van der Waals surface area contributed by atoms with Crippen LogP contribution in [0.15, 0.2) is 12.1 Å². The molecule has 0 fully saturated rings. The summed E-state index contributed by atoms with van der Waals surface area (Å²) in [5.41, 5.74) is 1.05. The van der Waals surface area contributed by atoms with Gasteiger partial charge in [0.2, 0.25) is 0 Å². The first kappa shape index (κ1) is 13.6. The molecule has 102 valence electrons. The number of hydrogen-bond donors (Lipinski definition) is 1. The SMILES string of the molecule is CNc1cc(CC(C)C)nc2c(F)c(F)c(F)cc12. The maximum atomic E-state index is 13.8. The zero-order chi connectivity index (χ0) is 14.2. The number of rotatable bonds is 3. The van der Waals surface area contributed by atoms with Gasteiger partial charge in [0.15, 0.2) is 17.5 Å². The first-order valence-electron chi connectivity index (χ1n) is 6.09. The van der Waals surface area contributed by atoms with E-state index in [1.54, 1.807) is 13.1 Å². The Morgan fingerprint density at radius 3 is 2.42 bits per heavy atom. The topological polar surface area (TPSA) is 24.9 Å². The Morgan fingerprint density at radius 1 is 1.16 bits per heavy atom. The number of nitrogens with one attached hydrogen (secondary N) is 1. The van der Waals surface area contributed by atoms with E-state index in [9.17, 15) is 13.2 Å². The molecule has 0 unspecified atom stereocenters. The smallest absolute Gasteiger partial charge is 0.196 e. The normalized spacial score (nSPS) is 11.3. The molecule has 0 saturated carbocycles. The molecule has 0 radical (unpaired) electrons. The van der Waals surface area contributed by atoms with Gasteiger partial charge in [-0.15, -0.1) is 0 Å². The Morgan fingerprint density at radius 2 is 1.84 bits per heavy atom. The van der Waals surface area contributed by atoms with Gasteiger partial charge >= 0.3 is 0 Å². The highest BCUT2D eigenvalue weighted by atomic mass is 19.2. The molecule has 2 nitrogen and oxygen atoms in total. The fraction of sp³-hybridized carbons (Fsp3) is 0.357. The van der Waals surface area contributed by atoms with Crippen molar-refractivity contribution in [3.8, 4) is 0 Å². The number of nitrogens with zero attached hydrogens (tertiary/aromatic N) is 1. The van der Waals surface area contributed by atoms with Crippen LogP contribution >= 0.6 is 0 Å². The number of aromatic nitrogens is 1. The third kappa shape index (κ3) is 2.50. The van der Waals surface area contributed by atoms with Crippen LogP contribution in [0.1, 0.15) is 19.5 Å². The van der Waals surface area contributed by atoms with Crippen LogP contribution in [-0.2, 0) is 6.42 Å². The summed E-state index contributed by atoms with van der Waals surface area (Å²) in [6, 6.07) is 2.70. The number of anilines is 1. The molecule has 0 aliphatic heterocycles. The van der Waals surface area contributed by atoms with Crippen molar-refractivity contribution in [1.82, 2.24) is 4.98 Å². The van der Waals surface area contributed by atoms with Crippen LogP contribution in [0.3, 0.4) is 0 Å². The number of benzene rings is 1. The first-order valence-corrected chi connectivity index (χ1v) is 6.09. The van der Waals surface area contributed by atoms with Crippen LogP contribution in [0.2, 0.25) is 0 Å². The third-order valence-electron chi connectivity index (χ3n) is 2.88. The maximum absolute atomic E-state index is 13.8. The van der Waals surface area contributed by atoms with Crippen molar-refractivity contribution in [2.75, 3.05) is 12.4 Å². The zero-order valence-corrected chi connectivity index (χ0v) is 11.0. The van der Waals surface area contributed by atoms with Crippen LogP contribution in [0.4, 0.5) is 18.9 Å². The summed E-state index contributed by atoms with van der Waals surface area (Å²) in [5.74, 6) is -3.59. The summed E-state index contributed by atoms with van der Waals surface area (Å²) < 4.78 is 40.3. The Kier molecular flexibility index (Phi) is 3.64. The number of pyridine rings is 1. The average molecular weight is 268 g/mol. The van der Waals surface area contributed by atoms with Gasteiger partial charge in [0.25, 0.3) is 0 Å². The second-order valence-corrected chi connectivity index (χ2v) is 4.89. The molecule has 0 aliphatic carbocycles. The molecule has 0 amide bonds. The first-order chi connectivity index (χ1) is 8.93. The van der Waals surface area contributed by atoms with Gasteiger partial charge in [0.1, 0.15) is 5.52 Å². The molecular weight excluding hydrogens is 253 g/mol. The van der Waals surface area contributed by atoms with Crippen LogP contribution < -0.4 is 5.32 Å². The van der Waals surface area contributed by atoms with Crippen molar-refractivity contribution in [3.63, 3.8) is 0 Å². The maximum Gasteiger partial charge on any atom is 0.196 e. The highest BCUT2D eigenvalue weighted by Gasteiger charge is 2.17. The fourth-order valence-electron chi connectivity index (χ4n) is 2.05. The third-order valence-corrected chi connectivity index (χ3v) is 2.88. The van der Waals surface area contributed by atoms with E-state index in [-0.39, 0.29) is 10.9 Å². The molecule has 0 atom stereocenters. The molecule has 1 heterocycles. The van der Waals surface area contributed by atoms with Gasteiger partial charge in [-0.3, -0.25) is 0 Å². The fourth-order valence-corrected chi connectivity index (χ4v) is 2.05. The van der Waals surface area contributed by atoms with E-state index in [0.29, 0.717) is 23.7 Å². The standard InChI is InChI=1S/C14H15F3N2/c1-7(2)4-8-5-11(18-3)9-6-10(15)12(16)13(17)14(9)19-8/h5-7H,4H2,1-3H3,(H,18,19). The van der Waals surface area contributed by atoms with Crippen molar-refractivity contribution in [2.45, 2.75) is 20.3 Å². The average Bonchev–Trinajstić information content (AvgIpc) is 2.35. The van der Waals surface area contributed by atoms with E-state index in [4.69, 9.17) is 0 Å². The van der Waals surface area contributed by atoms with Crippen LogP contribution in [-0.4, -0.2) is 12.0 Å². The second kappa shape index (κ2) is 5.07. The monoisotopic (exact) mass is 268 g/mol. The lowest BCUT2D eigenvalue weighted by Gasteiger charge is -2.11. The Balaban J connectivity index is 2.74. The Bertz CT molecular complexity index is 624. The predicted molar refractivity (Wildman–Crippen MR) is 69.7 cm³/mol. The van der Waals surface area contributed by atoms with Crippen molar-refractivity contribution < 1.29 is 13.2 Å². The molecule has 1 N–H and O–H groups in total. The van der Waals surface area contributed by atoms with E-state index in [0.717, 1.165) is 6.07 Å². The summed E-state index contributed by atoms with van der Waals surface area (Å²) in [4.78, 5) is 4.10. The minimum absolute atomic E-state index is 0.138. The lowest BCUT2D eigenvalue weighted by Crippen LogP contribution is -2.03. The second-order valence-electron chi connectivity index (χ2n) is 4.89. The highest BCUT2D eigenvalue weighted by Crippen LogP contribution is 2.28. The quantitative estimate of drug-likeness (QED) is 0.854. The largest absolute Gasteiger partial charge is 0.388 e. The molecular formula is C14H15F3N2. The van der Waals surface area contributed by atoms with Crippen molar-refractivity contribution in [3.05, 3.63) is 35.3 Å². The summed E-state index contributed by atoms with van der Waals surface area (Å²) >= 11 is 0. The lowest BCUT2D eigenvalue weighted by molar-refractivity contribution is 0.452. The molecule has 0 bridgehead atoms. The van der Waals surface area contributed by atoms with Crippen molar-refractivity contribution in [1.29, 1.82) is 0 Å². The van der Waals surface area contributed by atoms with Gasteiger partial charge < -0.3 is 5.32 Å². The minimum Gasteiger partial charge on any atom is -0.388 e. The molecule has 1 aromatic heterocycles. The highest BCUT2D eigenvalue weighted by molar-refractivity contribution is 5.91. The molecule has 1 aromatic carbocycles. The van der Waals surface area contributed by atoms with Gasteiger partial charge in [0.05, 0.1) is 0 Å². The van der Waals surface area contributed by atoms with E-state index in [1.807, 2.05) is 13.8 Å². The molecule has 2 aromatic rings. The number of hydrogen-bond acceptors (Lipinski definition) is 2. The van der Waals surface area contributed by atoms with Crippen molar-refractivity contribution in [2.24, 2.45) is 5.92 Å². The molecule has 0 spiro atoms. The van der Waals surface area contributed by atoms with Gasteiger partial charge in [-0.25, -0.2) is 18.2 Å². The van der Waals surface area contributed by atoms with E-state index < -0.39 is 17.5 Å². The Hall–Kier alpha value is -1.78. The lowest BCUT2D eigenvalue weighted by atomic mass is 10.0. The zero-order valence-electron chi connectivity index (χ0n) is 11.0. The summed E-state index contributed by atoms with van der Waals surface area (Å²) in [7, 11) is 1.65. The van der Waals surface area contributed by atoms with E-state index >= 15 is 0 Å². The van der Waals surface area contributed by atoms with Crippen molar-refractivity contribution >= 4 is 16.6 Å². The summed E-state index contributed by atoms with van der Waals surface area (Å²) in [5, 5.41) is 3.10. The van der Waals surface area contributed by atoms with Crippen LogP contribution in [0.5, 0.6) is 0 Å². The molecule has 0 saturated heterocycles. The van der Waals surface area contributed by atoms with Gasteiger partial charge in [-0.1, -0.05) is 13.8 Å². The number of fused-ring (bicyclic) bond motifs is 1. The van der Waals surface area contributed by atoms with Gasteiger partial charge in [-0.2, -0.15) is 0 Å².